The van der Waals surface area contributed by atoms with Crippen LogP contribution in [-0.2, 0) is 11.3 Å². The molecule has 0 fully saturated rings. The van der Waals surface area contributed by atoms with E-state index in [1.165, 1.54) is 17.4 Å². The Morgan fingerprint density at radius 2 is 1.85 bits per heavy atom. The van der Waals surface area contributed by atoms with Crippen molar-refractivity contribution in [2.24, 2.45) is 0 Å². The number of likely N-dealkylation sites (N-methyl/N-ethyl adjacent to an activating group) is 1. The van der Waals surface area contributed by atoms with Gasteiger partial charge in [0.05, 0.1) is 6.54 Å². The standard InChI is InChI=1S/C20H20FN3OS/c1-24(2)18(16-10-6-7-11-17(16)21)19(25)22-12-15-13-23-20(26-15)14-8-4-3-5-9-14/h3-11,13,18H,12H2,1-2H3,(H,22,25)/t18-/m1/s1. The van der Waals surface area contributed by atoms with E-state index in [9.17, 15) is 9.18 Å². The van der Waals surface area contributed by atoms with Gasteiger partial charge in [0.15, 0.2) is 0 Å². The van der Waals surface area contributed by atoms with E-state index >= 15 is 0 Å². The molecule has 0 radical (unpaired) electrons. The van der Waals surface area contributed by atoms with Gasteiger partial charge >= 0.3 is 0 Å². The molecule has 1 aromatic heterocycles. The Balaban J connectivity index is 1.70. The summed E-state index contributed by atoms with van der Waals surface area (Å²) in [7, 11) is 3.52. The number of rotatable bonds is 6. The molecule has 134 valence electrons. The summed E-state index contributed by atoms with van der Waals surface area (Å²) in [5.74, 6) is -0.625. The first kappa shape index (κ1) is 18.2. The van der Waals surface area contributed by atoms with E-state index in [1.54, 1.807) is 43.4 Å². The third kappa shape index (κ3) is 4.15. The number of aromatic nitrogens is 1. The van der Waals surface area contributed by atoms with Crippen LogP contribution in [0.5, 0.6) is 0 Å². The lowest BCUT2D eigenvalue weighted by Gasteiger charge is -2.24. The molecule has 0 saturated heterocycles. The second-order valence-electron chi connectivity index (χ2n) is 6.10. The van der Waals surface area contributed by atoms with Crippen LogP contribution in [0.15, 0.2) is 60.8 Å². The van der Waals surface area contributed by atoms with E-state index in [0.29, 0.717) is 12.1 Å². The van der Waals surface area contributed by atoms with Gasteiger partial charge in [-0.2, -0.15) is 0 Å². The fraction of sp³-hybridized carbons (Fsp3) is 0.200. The normalized spacial score (nSPS) is 12.2. The van der Waals surface area contributed by atoms with Crippen LogP contribution in [0.4, 0.5) is 4.39 Å². The van der Waals surface area contributed by atoms with E-state index in [0.717, 1.165) is 15.4 Å². The first-order chi connectivity index (χ1) is 12.6. The van der Waals surface area contributed by atoms with Crippen LogP contribution in [0, 0.1) is 5.82 Å². The molecular weight excluding hydrogens is 349 g/mol. The van der Waals surface area contributed by atoms with Gasteiger partial charge in [-0.3, -0.25) is 9.69 Å². The summed E-state index contributed by atoms with van der Waals surface area (Å²) < 4.78 is 14.1. The molecule has 1 amide bonds. The molecule has 0 aliphatic carbocycles. The van der Waals surface area contributed by atoms with Gasteiger partial charge in [0.1, 0.15) is 16.9 Å². The predicted octanol–water partition coefficient (Wildman–Crippen LogP) is 3.87. The summed E-state index contributed by atoms with van der Waals surface area (Å²) in [6, 6.07) is 15.6. The van der Waals surface area contributed by atoms with E-state index in [2.05, 4.69) is 10.3 Å². The molecule has 0 bridgehead atoms. The Morgan fingerprint density at radius 1 is 1.15 bits per heavy atom. The molecule has 0 spiro atoms. The first-order valence-corrected chi connectivity index (χ1v) is 9.06. The molecule has 1 atom stereocenters. The number of nitrogens with one attached hydrogen (secondary N) is 1. The van der Waals surface area contributed by atoms with Crippen molar-refractivity contribution in [2.45, 2.75) is 12.6 Å². The molecule has 6 heteroatoms. The van der Waals surface area contributed by atoms with Crippen molar-refractivity contribution in [1.82, 2.24) is 15.2 Å². The second kappa shape index (κ2) is 8.21. The first-order valence-electron chi connectivity index (χ1n) is 8.25. The van der Waals surface area contributed by atoms with Crippen molar-refractivity contribution in [1.29, 1.82) is 0 Å². The Hall–Kier alpha value is -2.57. The van der Waals surface area contributed by atoms with Crippen molar-refractivity contribution >= 4 is 17.2 Å². The van der Waals surface area contributed by atoms with Crippen LogP contribution in [-0.4, -0.2) is 29.9 Å². The molecule has 0 saturated carbocycles. The monoisotopic (exact) mass is 369 g/mol. The lowest BCUT2D eigenvalue weighted by atomic mass is 10.0. The maximum absolute atomic E-state index is 14.1. The molecule has 0 aliphatic rings. The van der Waals surface area contributed by atoms with E-state index in [1.807, 2.05) is 30.3 Å². The number of carbonyl (C=O) groups is 1. The second-order valence-corrected chi connectivity index (χ2v) is 7.22. The SMILES string of the molecule is CN(C)[C@@H](C(=O)NCc1cnc(-c2ccccc2)s1)c1ccccc1F. The molecule has 0 unspecified atom stereocenters. The van der Waals surface area contributed by atoms with E-state index in [-0.39, 0.29) is 11.7 Å². The summed E-state index contributed by atoms with van der Waals surface area (Å²) in [6.45, 7) is 0.363. The van der Waals surface area contributed by atoms with Crippen molar-refractivity contribution in [3.63, 3.8) is 0 Å². The van der Waals surface area contributed by atoms with Crippen molar-refractivity contribution < 1.29 is 9.18 Å². The van der Waals surface area contributed by atoms with Crippen LogP contribution in [0.2, 0.25) is 0 Å². The Kier molecular flexibility index (Phi) is 5.75. The molecule has 1 heterocycles. The zero-order valence-corrected chi connectivity index (χ0v) is 15.5. The highest BCUT2D eigenvalue weighted by Crippen LogP contribution is 2.25. The summed E-state index contributed by atoms with van der Waals surface area (Å²) in [4.78, 5) is 19.7. The van der Waals surface area contributed by atoms with Gasteiger partial charge in [0, 0.05) is 22.2 Å². The van der Waals surface area contributed by atoms with Crippen LogP contribution >= 0.6 is 11.3 Å². The minimum Gasteiger partial charge on any atom is -0.349 e. The third-order valence-corrected chi connectivity index (χ3v) is 5.02. The highest BCUT2D eigenvalue weighted by Gasteiger charge is 2.25. The third-order valence-electron chi connectivity index (χ3n) is 3.98. The van der Waals surface area contributed by atoms with Gasteiger partial charge in [0.25, 0.3) is 0 Å². The van der Waals surface area contributed by atoms with Crippen LogP contribution < -0.4 is 5.32 Å². The topological polar surface area (TPSA) is 45.2 Å². The molecule has 3 aromatic rings. The number of nitrogens with zero attached hydrogens (tertiary/aromatic N) is 2. The number of thiazole rings is 1. The fourth-order valence-corrected chi connectivity index (χ4v) is 3.58. The van der Waals surface area contributed by atoms with Crippen LogP contribution in [0.1, 0.15) is 16.5 Å². The average Bonchev–Trinajstić information content (AvgIpc) is 3.11. The molecular formula is C20H20FN3OS. The van der Waals surface area contributed by atoms with Gasteiger partial charge in [-0.05, 0) is 20.2 Å². The zero-order valence-electron chi connectivity index (χ0n) is 14.6. The van der Waals surface area contributed by atoms with Crippen molar-refractivity contribution in [2.75, 3.05) is 14.1 Å². The zero-order chi connectivity index (χ0) is 18.5. The highest BCUT2D eigenvalue weighted by molar-refractivity contribution is 7.15. The van der Waals surface area contributed by atoms with Crippen molar-refractivity contribution in [3.05, 3.63) is 77.1 Å². The summed E-state index contributed by atoms with van der Waals surface area (Å²) in [6.07, 6.45) is 1.76. The van der Waals surface area contributed by atoms with Gasteiger partial charge in [-0.1, -0.05) is 48.5 Å². The maximum atomic E-state index is 14.1. The molecule has 26 heavy (non-hydrogen) atoms. The van der Waals surface area contributed by atoms with E-state index < -0.39 is 6.04 Å². The minimum atomic E-state index is -0.683. The summed E-state index contributed by atoms with van der Waals surface area (Å²) >= 11 is 1.53. The maximum Gasteiger partial charge on any atom is 0.242 e. The number of benzene rings is 2. The number of amides is 1. The fourth-order valence-electron chi connectivity index (χ4n) is 2.73. The lowest BCUT2D eigenvalue weighted by Crippen LogP contribution is -2.37. The Labute approximate surface area is 156 Å². The average molecular weight is 369 g/mol. The minimum absolute atomic E-state index is 0.241. The summed E-state index contributed by atoms with van der Waals surface area (Å²) in [5, 5.41) is 3.80. The number of carbonyl (C=O) groups excluding carboxylic acids is 1. The summed E-state index contributed by atoms with van der Waals surface area (Å²) in [5.41, 5.74) is 1.41. The Morgan fingerprint density at radius 3 is 2.54 bits per heavy atom. The number of hydrogen-bond donors (Lipinski definition) is 1. The highest BCUT2D eigenvalue weighted by atomic mass is 32.1. The van der Waals surface area contributed by atoms with Gasteiger partial charge in [0.2, 0.25) is 5.91 Å². The van der Waals surface area contributed by atoms with Gasteiger partial charge in [-0.25, -0.2) is 9.37 Å². The lowest BCUT2D eigenvalue weighted by molar-refractivity contribution is -0.126. The van der Waals surface area contributed by atoms with Crippen LogP contribution in [0.3, 0.4) is 0 Å². The largest absolute Gasteiger partial charge is 0.349 e. The number of hydrogen-bond acceptors (Lipinski definition) is 4. The Bertz CT molecular complexity index is 880. The molecule has 2 aromatic carbocycles. The predicted molar refractivity (Wildman–Crippen MR) is 102 cm³/mol. The molecule has 3 rings (SSSR count). The number of halogens is 1. The van der Waals surface area contributed by atoms with Crippen LogP contribution in [0.25, 0.3) is 10.6 Å². The molecule has 1 N–H and O–H groups in total. The van der Waals surface area contributed by atoms with Gasteiger partial charge in [-0.15, -0.1) is 11.3 Å². The van der Waals surface area contributed by atoms with Gasteiger partial charge < -0.3 is 5.32 Å². The quantitative estimate of drug-likeness (QED) is 0.717. The molecule has 0 aliphatic heterocycles. The van der Waals surface area contributed by atoms with E-state index in [4.69, 9.17) is 0 Å². The smallest absolute Gasteiger partial charge is 0.242 e. The molecule has 4 nitrogen and oxygen atoms in total. The van der Waals surface area contributed by atoms with Crippen molar-refractivity contribution in [3.8, 4) is 10.6 Å².